The molecule has 0 heterocycles. The summed E-state index contributed by atoms with van der Waals surface area (Å²) in [5.41, 5.74) is 0. The van der Waals surface area contributed by atoms with Gasteiger partial charge in [-0.2, -0.15) is 0 Å². The number of rotatable bonds is 6. The van der Waals surface area contributed by atoms with Crippen molar-refractivity contribution in [1.82, 2.24) is 5.32 Å². The minimum absolute atomic E-state index is 0.259. The van der Waals surface area contributed by atoms with Crippen molar-refractivity contribution in [3.05, 3.63) is 0 Å². The molecule has 1 amide bonds. The monoisotopic (exact) mass is 215 g/mol. The Morgan fingerprint density at radius 2 is 1.87 bits per heavy atom. The molecule has 5 heteroatoms. The molecule has 0 spiro atoms. The van der Waals surface area contributed by atoms with E-state index in [4.69, 9.17) is 4.74 Å². The number of nitrogens with one attached hydrogen (secondary N) is 1. The van der Waals surface area contributed by atoms with E-state index < -0.39 is 23.7 Å². The number of esters is 1. The van der Waals surface area contributed by atoms with Crippen LogP contribution in [0.25, 0.3) is 0 Å². The van der Waals surface area contributed by atoms with E-state index in [1.807, 2.05) is 6.92 Å². The van der Waals surface area contributed by atoms with Gasteiger partial charge in [0.15, 0.2) is 0 Å². The summed E-state index contributed by atoms with van der Waals surface area (Å²) in [6.45, 7) is 4.98. The van der Waals surface area contributed by atoms with Gasteiger partial charge in [0.25, 0.3) is 5.91 Å². The molecule has 0 saturated carbocycles. The second-order valence-corrected chi connectivity index (χ2v) is 3.12. The standard InChI is InChI=1S/C10H17NO4/c1-4-6-8(10(14)15-5-2)11-9(13)7(3)12/h8H,4-6H2,1-3H3,(H,11,13)/t8-/m0/s1. The molecule has 1 N–H and O–H groups in total. The van der Waals surface area contributed by atoms with E-state index in [0.717, 1.165) is 13.3 Å². The Hall–Kier alpha value is -1.39. The fourth-order valence-electron chi connectivity index (χ4n) is 1.04. The first kappa shape index (κ1) is 13.6. The average Bonchev–Trinajstić information content (AvgIpc) is 2.17. The van der Waals surface area contributed by atoms with Crippen molar-refractivity contribution >= 4 is 17.7 Å². The van der Waals surface area contributed by atoms with Crippen LogP contribution >= 0.6 is 0 Å². The molecule has 0 aliphatic rings. The Labute approximate surface area is 89.2 Å². The Morgan fingerprint density at radius 1 is 1.27 bits per heavy atom. The second kappa shape index (κ2) is 6.98. The average molecular weight is 215 g/mol. The molecular weight excluding hydrogens is 198 g/mol. The normalized spacial score (nSPS) is 11.7. The number of carbonyl (C=O) groups is 3. The van der Waals surface area contributed by atoms with E-state index in [2.05, 4.69) is 5.32 Å². The van der Waals surface area contributed by atoms with Crippen LogP contribution < -0.4 is 5.32 Å². The molecule has 0 fully saturated rings. The van der Waals surface area contributed by atoms with Gasteiger partial charge in [0.2, 0.25) is 5.78 Å². The first-order valence-corrected chi connectivity index (χ1v) is 5.00. The van der Waals surface area contributed by atoms with Gasteiger partial charge in [0, 0.05) is 6.92 Å². The third kappa shape index (κ3) is 5.15. The highest BCUT2D eigenvalue weighted by molar-refractivity contribution is 6.35. The van der Waals surface area contributed by atoms with E-state index in [1.54, 1.807) is 6.92 Å². The van der Waals surface area contributed by atoms with Crippen LogP contribution in [0.2, 0.25) is 0 Å². The van der Waals surface area contributed by atoms with Gasteiger partial charge in [-0.25, -0.2) is 4.79 Å². The Bertz CT molecular complexity index is 250. The van der Waals surface area contributed by atoms with Crippen LogP contribution in [-0.2, 0) is 19.1 Å². The summed E-state index contributed by atoms with van der Waals surface area (Å²) in [5, 5.41) is 2.34. The maximum Gasteiger partial charge on any atom is 0.328 e. The third-order valence-corrected chi connectivity index (χ3v) is 1.77. The minimum atomic E-state index is -0.749. The summed E-state index contributed by atoms with van der Waals surface area (Å²) < 4.78 is 4.77. The number of carbonyl (C=O) groups excluding carboxylic acids is 3. The van der Waals surface area contributed by atoms with Crippen LogP contribution in [0.15, 0.2) is 0 Å². The van der Waals surface area contributed by atoms with Gasteiger partial charge in [-0.1, -0.05) is 13.3 Å². The lowest BCUT2D eigenvalue weighted by Crippen LogP contribution is -2.44. The van der Waals surface area contributed by atoms with Gasteiger partial charge < -0.3 is 10.1 Å². The summed E-state index contributed by atoms with van der Waals surface area (Å²) in [4.78, 5) is 33.1. The molecular formula is C10H17NO4. The topological polar surface area (TPSA) is 72.5 Å². The predicted molar refractivity (Wildman–Crippen MR) is 54.2 cm³/mol. The number of Topliss-reactive ketones (excluding diaryl/α,β-unsaturated/α-hetero) is 1. The fourth-order valence-corrected chi connectivity index (χ4v) is 1.04. The lowest BCUT2D eigenvalue weighted by Gasteiger charge is -2.15. The predicted octanol–water partition coefficient (Wildman–Crippen LogP) is 0.423. The van der Waals surface area contributed by atoms with E-state index in [1.165, 1.54) is 0 Å². The van der Waals surface area contributed by atoms with Crippen LogP contribution in [0, 0.1) is 0 Å². The van der Waals surface area contributed by atoms with E-state index in [9.17, 15) is 14.4 Å². The summed E-state index contributed by atoms with van der Waals surface area (Å²) in [7, 11) is 0. The molecule has 0 saturated heterocycles. The quantitative estimate of drug-likeness (QED) is 0.515. The summed E-state index contributed by atoms with van der Waals surface area (Å²) in [5.74, 6) is -1.85. The molecule has 0 bridgehead atoms. The molecule has 0 aromatic heterocycles. The van der Waals surface area contributed by atoms with E-state index >= 15 is 0 Å². The van der Waals surface area contributed by atoms with Crippen molar-refractivity contribution < 1.29 is 19.1 Å². The van der Waals surface area contributed by atoms with Crippen molar-refractivity contribution in [3.8, 4) is 0 Å². The largest absolute Gasteiger partial charge is 0.464 e. The number of amides is 1. The molecule has 15 heavy (non-hydrogen) atoms. The van der Waals surface area contributed by atoms with Crippen LogP contribution in [-0.4, -0.2) is 30.3 Å². The van der Waals surface area contributed by atoms with E-state index in [0.29, 0.717) is 6.42 Å². The maximum absolute atomic E-state index is 11.3. The molecule has 0 unspecified atom stereocenters. The van der Waals surface area contributed by atoms with Crippen molar-refractivity contribution in [2.75, 3.05) is 6.61 Å². The number of ether oxygens (including phenoxy) is 1. The molecule has 0 aliphatic heterocycles. The zero-order valence-electron chi connectivity index (χ0n) is 9.33. The highest BCUT2D eigenvalue weighted by Crippen LogP contribution is 1.99. The zero-order valence-corrected chi connectivity index (χ0v) is 9.33. The lowest BCUT2D eigenvalue weighted by molar-refractivity contribution is -0.148. The highest BCUT2D eigenvalue weighted by atomic mass is 16.5. The molecule has 1 atom stereocenters. The second-order valence-electron chi connectivity index (χ2n) is 3.12. The highest BCUT2D eigenvalue weighted by Gasteiger charge is 2.22. The number of hydrogen-bond acceptors (Lipinski definition) is 4. The number of hydrogen-bond donors (Lipinski definition) is 1. The van der Waals surface area contributed by atoms with Crippen LogP contribution in [0.4, 0.5) is 0 Å². The lowest BCUT2D eigenvalue weighted by atomic mass is 10.1. The third-order valence-electron chi connectivity index (χ3n) is 1.77. The molecule has 0 radical (unpaired) electrons. The SMILES string of the molecule is CCC[C@H](NC(=O)C(C)=O)C(=O)OCC. The Kier molecular flexibility index (Phi) is 6.33. The van der Waals surface area contributed by atoms with Crippen LogP contribution in [0.3, 0.4) is 0 Å². The van der Waals surface area contributed by atoms with Gasteiger partial charge in [-0.15, -0.1) is 0 Å². The molecule has 5 nitrogen and oxygen atoms in total. The first-order chi connectivity index (χ1) is 7.02. The zero-order chi connectivity index (χ0) is 11.8. The molecule has 86 valence electrons. The van der Waals surface area contributed by atoms with Crippen molar-refractivity contribution in [3.63, 3.8) is 0 Å². The summed E-state index contributed by atoms with van der Waals surface area (Å²) in [6, 6.07) is -0.716. The van der Waals surface area contributed by atoms with Crippen molar-refractivity contribution in [1.29, 1.82) is 0 Å². The Balaban J connectivity index is 4.32. The first-order valence-electron chi connectivity index (χ1n) is 5.00. The minimum Gasteiger partial charge on any atom is -0.464 e. The van der Waals surface area contributed by atoms with Crippen LogP contribution in [0.5, 0.6) is 0 Å². The van der Waals surface area contributed by atoms with Crippen LogP contribution in [0.1, 0.15) is 33.6 Å². The van der Waals surface area contributed by atoms with E-state index in [-0.39, 0.29) is 6.61 Å². The van der Waals surface area contributed by atoms with Crippen molar-refractivity contribution in [2.45, 2.75) is 39.7 Å². The van der Waals surface area contributed by atoms with Gasteiger partial charge in [0.1, 0.15) is 6.04 Å². The molecule has 0 aromatic carbocycles. The van der Waals surface area contributed by atoms with Gasteiger partial charge in [0.05, 0.1) is 6.61 Å². The summed E-state index contributed by atoms with van der Waals surface area (Å²) in [6.07, 6.45) is 1.19. The summed E-state index contributed by atoms with van der Waals surface area (Å²) >= 11 is 0. The Morgan fingerprint density at radius 3 is 2.27 bits per heavy atom. The molecule has 0 rings (SSSR count). The molecule has 0 aliphatic carbocycles. The van der Waals surface area contributed by atoms with Gasteiger partial charge in [-0.05, 0) is 13.3 Å². The number of ketones is 1. The fraction of sp³-hybridized carbons (Fsp3) is 0.700. The van der Waals surface area contributed by atoms with Crippen molar-refractivity contribution in [2.24, 2.45) is 0 Å². The smallest absolute Gasteiger partial charge is 0.328 e. The van der Waals surface area contributed by atoms with Gasteiger partial charge in [-0.3, -0.25) is 9.59 Å². The molecule has 0 aromatic rings. The maximum atomic E-state index is 11.3. The van der Waals surface area contributed by atoms with Gasteiger partial charge >= 0.3 is 5.97 Å².